The van der Waals surface area contributed by atoms with Crippen LogP contribution in [0.25, 0.3) is 0 Å². The standard InChI is InChI=1S/C25H25FN4O5S/c26-20-11-17(3-4-18(20)12-27)13-28-22(31)19-5-6-21-24(33)29(9-10-30(21)23(19)32)15-25(7-8-25)36(34,35)14-16-1-2-16/h3-6,11,16H,1-2,7-10,13-15H2,(H,28,31). The van der Waals surface area contributed by atoms with Gasteiger partial charge in [0.1, 0.15) is 23.1 Å². The Morgan fingerprint density at radius 3 is 2.56 bits per heavy atom. The number of carbonyl (C=O) groups is 2. The van der Waals surface area contributed by atoms with Crippen LogP contribution >= 0.6 is 0 Å². The van der Waals surface area contributed by atoms with Crippen molar-refractivity contribution >= 4 is 21.7 Å². The average molecular weight is 513 g/mol. The molecule has 1 aliphatic heterocycles. The number of sulfone groups is 1. The highest BCUT2D eigenvalue weighted by Crippen LogP contribution is 2.47. The first kappa shape index (κ1) is 24.2. The van der Waals surface area contributed by atoms with Crippen molar-refractivity contribution in [2.75, 3.05) is 18.8 Å². The molecule has 0 saturated heterocycles. The van der Waals surface area contributed by atoms with Gasteiger partial charge in [0.15, 0.2) is 9.84 Å². The predicted octanol–water partition coefficient (Wildman–Crippen LogP) is 1.60. The van der Waals surface area contributed by atoms with E-state index in [0.29, 0.717) is 18.4 Å². The van der Waals surface area contributed by atoms with E-state index in [1.54, 1.807) is 6.07 Å². The first-order valence-corrected chi connectivity index (χ1v) is 13.5. The monoisotopic (exact) mass is 512 g/mol. The van der Waals surface area contributed by atoms with E-state index in [2.05, 4.69) is 5.32 Å². The maximum absolute atomic E-state index is 13.8. The summed E-state index contributed by atoms with van der Waals surface area (Å²) in [4.78, 5) is 40.3. The molecule has 0 bridgehead atoms. The third-order valence-corrected chi connectivity index (χ3v) is 9.99. The normalized spacial score (nSPS) is 18.3. The average Bonchev–Trinajstić information content (AvgIpc) is 3.77. The Kier molecular flexibility index (Phi) is 5.95. The Morgan fingerprint density at radius 1 is 1.17 bits per heavy atom. The molecule has 1 N–H and O–H groups in total. The summed E-state index contributed by atoms with van der Waals surface area (Å²) < 4.78 is 40.0. The molecule has 2 aliphatic carbocycles. The number of halogens is 1. The van der Waals surface area contributed by atoms with Crippen LogP contribution in [0, 0.1) is 23.1 Å². The van der Waals surface area contributed by atoms with Crippen molar-refractivity contribution in [1.29, 1.82) is 5.26 Å². The molecule has 1 aromatic heterocycles. The summed E-state index contributed by atoms with van der Waals surface area (Å²) in [5, 5.41) is 11.4. The highest BCUT2D eigenvalue weighted by atomic mass is 32.2. The van der Waals surface area contributed by atoms with Gasteiger partial charge in [-0.25, -0.2) is 12.8 Å². The van der Waals surface area contributed by atoms with Gasteiger partial charge in [-0.15, -0.1) is 0 Å². The molecule has 3 aliphatic rings. The number of hydrogen-bond donors (Lipinski definition) is 1. The Balaban J connectivity index is 1.28. The molecule has 188 valence electrons. The smallest absolute Gasteiger partial charge is 0.270 e. The van der Waals surface area contributed by atoms with Crippen LogP contribution in [0.5, 0.6) is 0 Å². The van der Waals surface area contributed by atoms with Gasteiger partial charge < -0.3 is 14.8 Å². The fourth-order valence-electron chi connectivity index (χ4n) is 4.66. The van der Waals surface area contributed by atoms with Crippen LogP contribution in [0.2, 0.25) is 0 Å². The topological polar surface area (TPSA) is 129 Å². The number of amides is 2. The lowest BCUT2D eigenvalue weighted by molar-refractivity contribution is 0.0695. The Labute approximate surface area is 207 Å². The molecule has 9 nitrogen and oxygen atoms in total. The van der Waals surface area contributed by atoms with Crippen molar-refractivity contribution in [3.63, 3.8) is 0 Å². The van der Waals surface area contributed by atoms with Gasteiger partial charge in [0.05, 0.1) is 16.1 Å². The van der Waals surface area contributed by atoms with E-state index >= 15 is 0 Å². The molecule has 0 spiro atoms. The van der Waals surface area contributed by atoms with Crippen molar-refractivity contribution in [3.8, 4) is 6.07 Å². The Bertz CT molecular complexity index is 1470. The third kappa shape index (κ3) is 4.41. The largest absolute Gasteiger partial charge is 0.348 e. The molecule has 2 aromatic rings. The number of benzene rings is 1. The van der Waals surface area contributed by atoms with Crippen molar-refractivity contribution < 1.29 is 22.4 Å². The lowest BCUT2D eigenvalue weighted by Crippen LogP contribution is -2.50. The van der Waals surface area contributed by atoms with Crippen LogP contribution in [0.1, 0.15) is 57.7 Å². The highest BCUT2D eigenvalue weighted by Gasteiger charge is 2.56. The number of pyridine rings is 1. The van der Waals surface area contributed by atoms with E-state index in [-0.39, 0.29) is 54.7 Å². The summed E-state index contributed by atoms with van der Waals surface area (Å²) in [5.74, 6) is -1.37. The Morgan fingerprint density at radius 2 is 1.92 bits per heavy atom. The quantitative estimate of drug-likeness (QED) is 0.572. The number of hydrogen-bond acceptors (Lipinski definition) is 6. The minimum absolute atomic E-state index is 0.0488. The van der Waals surface area contributed by atoms with Crippen LogP contribution in [0.3, 0.4) is 0 Å². The molecule has 36 heavy (non-hydrogen) atoms. The van der Waals surface area contributed by atoms with Gasteiger partial charge in [0, 0.05) is 26.2 Å². The predicted molar refractivity (Wildman–Crippen MR) is 127 cm³/mol. The van der Waals surface area contributed by atoms with Gasteiger partial charge in [-0.1, -0.05) is 6.07 Å². The van der Waals surface area contributed by atoms with E-state index in [4.69, 9.17) is 5.26 Å². The SMILES string of the molecule is N#Cc1ccc(CNC(=O)c2ccc3n(c2=O)CCN(CC2(S(=O)(=O)CC4CC4)CC2)C3=O)cc1F. The molecule has 11 heteroatoms. The van der Waals surface area contributed by atoms with Gasteiger partial charge in [0.25, 0.3) is 17.4 Å². The number of aromatic nitrogens is 1. The van der Waals surface area contributed by atoms with Gasteiger partial charge in [-0.2, -0.15) is 5.26 Å². The van der Waals surface area contributed by atoms with Crippen LogP contribution in [-0.2, 0) is 22.9 Å². The molecule has 1 aromatic carbocycles. The number of nitrogens with one attached hydrogen (secondary N) is 1. The van der Waals surface area contributed by atoms with E-state index < -0.39 is 37.8 Å². The van der Waals surface area contributed by atoms with Gasteiger partial charge in [-0.3, -0.25) is 14.4 Å². The molecule has 2 saturated carbocycles. The van der Waals surface area contributed by atoms with E-state index in [9.17, 15) is 27.2 Å². The summed E-state index contributed by atoms with van der Waals surface area (Å²) in [5.41, 5.74) is -0.335. The molecule has 0 radical (unpaired) electrons. The van der Waals surface area contributed by atoms with Gasteiger partial charge >= 0.3 is 0 Å². The van der Waals surface area contributed by atoms with E-state index in [1.807, 2.05) is 0 Å². The summed E-state index contributed by atoms with van der Waals surface area (Å²) in [6.45, 7) is 0.411. The van der Waals surface area contributed by atoms with Crippen molar-refractivity contribution in [1.82, 2.24) is 14.8 Å². The lowest BCUT2D eigenvalue weighted by atomic mass is 10.1. The Hall–Kier alpha value is -3.52. The fraction of sp³-hybridized carbons (Fsp3) is 0.440. The number of nitrogens with zero attached hydrogens (tertiary/aromatic N) is 3. The third-order valence-electron chi connectivity index (χ3n) is 7.22. The molecule has 2 fully saturated rings. The first-order valence-electron chi connectivity index (χ1n) is 11.9. The molecular formula is C25H25FN4O5S. The minimum atomic E-state index is -3.30. The maximum atomic E-state index is 13.8. The zero-order valence-corrected chi connectivity index (χ0v) is 20.3. The second-order valence-electron chi connectivity index (χ2n) is 9.83. The maximum Gasteiger partial charge on any atom is 0.270 e. The minimum Gasteiger partial charge on any atom is -0.348 e. The molecule has 5 rings (SSSR count). The van der Waals surface area contributed by atoms with E-state index in [0.717, 1.165) is 18.9 Å². The summed E-state index contributed by atoms with van der Waals surface area (Å²) in [6.07, 6.45) is 2.96. The van der Waals surface area contributed by atoms with Gasteiger partial charge in [-0.05, 0) is 61.4 Å². The van der Waals surface area contributed by atoms with Crippen molar-refractivity contribution in [3.05, 3.63) is 68.9 Å². The molecule has 0 unspecified atom stereocenters. The number of fused-ring (bicyclic) bond motifs is 1. The second-order valence-corrected chi connectivity index (χ2v) is 12.3. The van der Waals surface area contributed by atoms with Gasteiger partial charge in [0.2, 0.25) is 0 Å². The zero-order valence-electron chi connectivity index (χ0n) is 19.5. The second kappa shape index (κ2) is 8.85. The molecule has 2 heterocycles. The lowest BCUT2D eigenvalue weighted by Gasteiger charge is -2.32. The number of carbonyl (C=O) groups excluding carboxylic acids is 2. The fourth-order valence-corrected chi connectivity index (χ4v) is 7.04. The van der Waals surface area contributed by atoms with E-state index in [1.165, 1.54) is 33.7 Å². The number of rotatable bonds is 8. The van der Waals surface area contributed by atoms with Crippen LogP contribution in [0.4, 0.5) is 4.39 Å². The molecular weight excluding hydrogens is 487 g/mol. The highest BCUT2D eigenvalue weighted by molar-refractivity contribution is 7.93. The van der Waals surface area contributed by atoms with Crippen molar-refractivity contribution in [2.24, 2.45) is 5.92 Å². The van der Waals surface area contributed by atoms with Crippen LogP contribution in [-0.4, -0.2) is 53.3 Å². The first-order chi connectivity index (χ1) is 17.1. The number of nitriles is 1. The molecule has 2 amide bonds. The summed E-state index contributed by atoms with van der Waals surface area (Å²) in [6, 6.07) is 8.37. The van der Waals surface area contributed by atoms with Crippen LogP contribution < -0.4 is 10.9 Å². The van der Waals surface area contributed by atoms with Crippen molar-refractivity contribution in [2.45, 2.75) is 43.5 Å². The summed E-state index contributed by atoms with van der Waals surface area (Å²) in [7, 11) is -3.30. The summed E-state index contributed by atoms with van der Waals surface area (Å²) >= 11 is 0. The molecule has 0 atom stereocenters. The van der Waals surface area contributed by atoms with Crippen LogP contribution in [0.15, 0.2) is 35.1 Å². The zero-order chi connectivity index (χ0) is 25.7.